The van der Waals surface area contributed by atoms with E-state index in [-0.39, 0.29) is 24.1 Å². The van der Waals surface area contributed by atoms with Crippen molar-refractivity contribution in [3.8, 4) is 0 Å². The van der Waals surface area contributed by atoms with Gasteiger partial charge in [-0.2, -0.15) is 0 Å². The standard InChI is InChI=1S/C31H58O4/c1-3-5-6-16-23-29(33)24-18-13-10-11-15-20-26-31(35)27-30(34)25-19-14-9-7-8-12-17-22-28(32)21-4-2/h28,32H,3-27H2,1-2H3/t28-/m0/s1. The van der Waals surface area contributed by atoms with Gasteiger partial charge in [0.1, 0.15) is 17.3 Å². The minimum absolute atomic E-state index is 0.105. The summed E-state index contributed by atoms with van der Waals surface area (Å²) in [5, 5.41) is 9.72. The van der Waals surface area contributed by atoms with Crippen LogP contribution in [-0.4, -0.2) is 28.6 Å². The van der Waals surface area contributed by atoms with Crippen LogP contribution in [0.5, 0.6) is 0 Å². The number of rotatable bonds is 28. The van der Waals surface area contributed by atoms with Gasteiger partial charge in [-0.25, -0.2) is 0 Å². The van der Waals surface area contributed by atoms with Gasteiger partial charge in [0.25, 0.3) is 0 Å². The predicted molar refractivity (Wildman–Crippen MR) is 148 cm³/mol. The molecule has 0 aliphatic carbocycles. The molecule has 0 unspecified atom stereocenters. The van der Waals surface area contributed by atoms with Crippen molar-refractivity contribution in [2.45, 2.75) is 180 Å². The second-order valence-electron chi connectivity index (χ2n) is 10.7. The summed E-state index contributed by atoms with van der Waals surface area (Å²) in [5.74, 6) is 0.638. The van der Waals surface area contributed by atoms with Crippen molar-refractivity contribution in [3.05, 3.63) is 0 Å². The molecule has 0 fully saturated rings. The van der Waals surface area contributed by atoms with E-state index in [1.54, 1.807) is 0 Å². The summed E-state index contributed by atoms with van der Waals surface area (Å²) in [5.41, 5.74) is 0. The molecule has 0 rings (SSSR count). The van der Waals surface area contributed by atoms with Gasteiger partial charge in [0, 0.05) is 25.7 Å². The highest BCUT2D eigenvalue weighted by molar-refractivity contribution is 5.98. The van der Waals surface area contributed by atoms with E-state index >= 15 is 0 Å². The SMILES string of the molecule is CCCCCCC(=O)CCCCCCCCC(=O)CC(=O)CCCCCCCCC[C@@H](O)CCC. The Bertz CT molecular complexity index is 514. The van der Waals surface area contributed by atoms with Crippen LogP contribution in [0.25, 0.3) is 0 Å². The third kappa shape index (κ3) is 25.9. The van der Waals surface area contributed by atoms with E-state index in [1.165, 1.54) is 38.5 Å². The Balaban J connectivity index is 3.42. The number of hydrogen-bond donors (Lipinski definition) is 1. The lowest BCUT2D eigenvalue weighted by atomic mass is 10.0. The largest absolute Gasteiger partial charge is 0.393 e. The Morgan fingerprint density at radius 2 is 0.829 bits per heavy atom. The van der Waals surface area contributed by atoms with Crippen molar-refractivity contribution in [2.75, 3.05) is 0 Å². The molecule has 1 atom stereocenters. The van der Waals surface area contributed by atoms with Gasteiger partial charge in [0.2, 0.25) is 0 Å². The normalized spacial score (nSPS) is 12.1. The average molecular weight is 495 g/mol. The molecule has 0 saturated heterocycles. The molecule has 0 aliphatic heterocycles. The zero-order chi connectivity index (χ0) is 26.0. The van der Waals surface area contributed by atoms with Gasteiger partial charge in [-0.05, 0) is 38.5 Å². The smallest absolute Gasteiger partial charge is 0.140 e. The Hall–Kier alpha value is -1.03. The van der Waals surface area contributed by atoms with Crippen LogP contribution in [0, 0.1) is 0 Å². The van der Waals surface area contributed by atoms with Gasteiger partial charge < -0.3 is 5.11 Å². The Morgan fingerprint density at radius 3 is 1.26 bits per heavy atom. The van der Waals surface area contributed by atoms with Gasteiger partial charge in [-0.1, -0.05) is 104 Å². The van der Waals surface area contributed by atoms with E-state index in [9.17, 15) is 19.5 Å². The highest BCUT2D eigenvalue weighted by Gasteiger charge is 2.09. The second kappa shape index (κ2) is 26.0. The number of carbonyl (C=O) groups excluding carboxylic acids is 3. The first-order valence-electron chi connectivity index (χ1n) is 15.2. The van der Waals surface area contributed by atoms with Gasteiger partial charge in [-0.3, -0.25) is 14.4 Å². The van der Waals surface area contributed by atoms with Crippen LogP contribution < -0.4 is 0 Å². The molecule has 0 aromatic carbocycles. The van der Waals surface area contributed by atoms with Crippen LogP contribution in [0.1, 0.15) is 174 Å². The number of ketones is 3. The summed E-state index contributed by atoms with van der Waals surface area (Å²) in [6.45, 7) is 4.30. The molecule has 0 aliphatic rings. The molecule has 35 heavy (non-hydrogen) atoms. The fourth-order valence-electron chi connectivity index (χ4n) is 4.69. The number of hydrogen-bond acceptors (Lipinski definition) is 4. The molecule has 0 bridgehead atoms. The van der Waals surface area contributed by atoms with E-state index < -0.39 is 0 Å². The maximum Gasteiger partial charge on any atom is 0.140 e. The zero-order valence-electron chi connectivity index (χ0n) is 23.4. The second-order valence-corrected chi connectivity index (χ2v) is 10.7. The molecule has 0 heterocycles. The maximum absolute atomic E-state index is 12.0. The van der Waals surface area contributed by atoms with Gasteiger partial charge in [0.15, 0.2) is 0 Å². The summed E-state index contributed by atoms with van der Waals surface area (Å²) >= 11 is 0. The average Bonchev–Trinajstić information content (AvgIpc) is 2.82. The van der Waals surface area contributed by atoms with Crippen molar-refractivity contribution in [3.63, 3.8) is 0 Å². The first-order valence-corrected chi connectivity index (χ1v) is 15.2. The van der Waals surface area contributed by atoms with Crippen LogP contribution in [-0.2, 0) is 14.4 Å². The van der Waals surface area contributed by atoms with Crippen molar-refractivity contribution in [2.24, 2.45) is 0 Å². The molecule has 0 amide bonds. The number of aliphatic hydroxyl groups excluding tert-OH is 1. The predicted octanol–water partition coefficient (Wildman–Crippen LogP) is 8.85. The third-order valence-corrected chi connectivity index (χ3v) is 6.98. The van der Waals surface area contributed by atoms with Crippen molar-refractivity contribution >= 4 is 17.3 Å². The minimum atomic E-state index is -0.119. The highest BCUT2D eigenvalue weighted by atomic mass is 16.3. The van der Waals surface area contributed by atoms with Crippen molar-refractivity contribution < 1.29 is 19.5 Å². The number of aliphatic hydroxyl groups is 1. The number of Topliss-reactive ketones (excluding diaryl/α,β-unsaturated/α-hetero) is 3. The van der Waals surface area contributed by atoms with Crippen LogP contribution in [0.4, 0.5) is 0 Å². The van der Waals surface area contributed by atoms with Crippen molar-refractivity contribution in [1.82, 2.24) is 0 Å². The van der Waals surface area contributed by atoms with Crippen LogP contribution in [0.2, 0.25) is 0 Å². The van der Waals surface area contributed by atoms with Gasteiger partial charge >= 0.3 is 0 Å². The van der Waals surface area contributed by atoms with E-state index in [1.807, 2.05) is 0 Å². The molecule has 4 nitrogen and oxygen atoms in total. The summed E-state index contributed by atoms with van der Waals surface area (Å²) in [6, 6.07) is 0. The topological polar surface area (TPSA) is 71.4 Å². The lowest BCUT2D eigenvalue weighted by molar-refractivity contribution is -0.127. The lowest BCUT2D eigenvalue weighted by Gasteiger charge is -2.08. The quantitative estimate of drug-likeness (QED) is 0.0870. The van der Waals surface area contributed by atoms with Crippen molar-refractivity contribution in [1.29, 1.82) is 0 Å². The van der Waals surface area contributed by atoms with E-state index in [2.05, 4.69) is 13.8 Å². The first-order chi connectivity index (χ1) is 17.0. The Labute approximate surface area is 217 Å². The third-order valence-electron chi connectivity index (χ3n) is 6.98. The van der Waals surface area contributed by atoms with Crippen LogP contribution in [0.15, 0.2) is 0 Å². The maximum atomic E-state index is 12.0. The molecular weight excluding hydrogens is 436 g/mol. The van der Waals surface area contributed by atoms with E-state index in [4.69, 9.17) is 0 Å². The summed E-state index contributed by atoms with van der Waals surface area (Å²) < 4.78 is 0. The summed E-state index contributed by atoms with van der Waals surface area (Å²) in [6.07, 6.45) is 24.3. The summed E-state index contributed by atoms with van der Waals surface area (Å²) in [4.78, 5) is 35.9. The lowest BCUT2D eigenvalue weighted by Crippen LogP contribution is -2.07. The van der Waals surface area contributed by atoms with E-state index in [0.29, 0.717) is 18.6 Å². The zero-order valence-corrected chi connectivity index (χ0v) is 23.4. The molecule has 0 aromatic heterocycles. The minimum Gasteiger partial charge on any atom is -0.393 e. The fourth-order valence-corrected chi connectivity index (χ4v) is 4.69. The van der Waals surface area contributed by atoms with E-state index in [0.717, 1.165) is 103 Å². The molecule has 0 spiro atoms. The Morgan fingerprint density at radius 1 is 0.457 bits per heavy atom. The molecule has 0 aromatic rings. The molecule has 206 valence electrons. The molecule has 0 saturated carbocycles. The highest BCUT2D eigenvalue weighted by Crippen LogP contribution is 2.14. The van der Waals surface area contributed by atoms with Gasteiger partial charge in [-0.15, -0.1) is 0 Å². The first kappa shape index (κ1) is 34.0. The number of unbranched alkanes of at least 4 members (excludes halogenated alkanes) is 14. The Kier molecular flexibility index (Phi) is 25.3. The molecular formula is C31H58O4. The van der Waals surface area contributed by atoms with Crippen LogP contribution >= 0.6 is 0 Å². The van der Waals surface area contributed by atoms with Gasteiger partial charge in [0.05, 0.1) is 12.5 Å². The molecule has 1 N–H and O–H groups in total. The monoisotopic (exact) mass is 494 g/mol. The van der Waals surface area contributed by atoms with Crippen LogP contribution in [0.3, 0.4) is 0 Å². The summed E-state index contributed by atoms with van der Waals surface area (Å²) in [7, 11) is 0. The fraction of sp³-hybridized carbons (Fsp3) is 0.903. The molecule has 0 radical (unpaired) electrons. The number of carbonyl (C=O) groups is 3. The molecule has 4 heteroatoms.